The lowest BCUT2D eigenvalue weighted by atomic mass is 10.1. The standard InChI is InChI=1S/C9H13BrF3N3/c1-2-3-16-8(6(10)5-15-16)7(14)4-9(11,12)13/h5,7H,2-4,14H2,1H3. The van der Waals surface area contributed by atoms with Crippen LogP contribution in [0, 0.1) is 0 Å². The van der Waals surface area contributed by atoms with Gasteiger partial charge < -0.3 is 5.73 Å². The van der Waals surface area contributed by atoms with Crippen LogP contribution >= 0.6 is 15.9 Å². The molecule has 1 rings (SSSR count). The van der Waals surface area contributed by atoms with Gasteiger partial charge in [0, 0.05) is 6.54 Å². The summed E-state index contributed by atoms with van der Waals surface area (Å²) in [6.07, 6.45) is -3.04. The summed E-state index contributed by atoms with van der Waals surface area (Å²) in [5.74, 6) is 0. The molecule has 92 valence electrons. The van der Waals surface area contributed by atoms with Gasteiger partial charge in [-0.15, -0.1) is 0 Å². The van der Waals surface area contributed by atoms with E-state index in [1.807, 2.05) is 6.92 Å². The topological polar surface area (TPSA) is 43.8 Å². The van der Waals surface area contributed by atoms with Crippen LogP contribution < -0.4 is 5.73 Å². The summed E-state index contributed by atoms with van der Waals surface area (Å²) in [5.41, 5.74) is 5.95. The molecule has 1 heterocycles. The molecular weight excluding hydrogens is 287 g/mol. The molecule has 0 aliphatic carbocycles. The van der Waals surface area contributed by atoms with Gasteiger partial charge >= 0.3 is 6.18 Å². The Labute approximate surface area is 99.9 Å². The Morgan fingerprint density at radius 2 is 2.19 bits per heavy atom. The minimum atomic E-state index is -4.26. The lowest BCUT2D eigenvalue weighted by Gasteiger charge is -2.16. The highest BCUT2D eigenvalue weighted by Gasteiger charge is 2.33. The van der Waals surface area contributed by atoms with Crippen LogP contribution in [0.5, 0.6) is 0 Å². The van der Waals surface area contributed by atoms with E-state index in [-0.39, 0.29) is 0 Å². The Kier molecular flexibility index (Phi) is 4.37. The Hall–Kier alpha value is -0.560. The first-order chi connectivity index (χ1) is 7.35. The summed E-state index contributed by atoms with van der Waals surface area (Å²) < 4.78 is 38.7. The van der Waals surface area contributed by atoms with Gasteiger partial charge in [-0.25, -0.2) is 0 Å². The van der Waals surface area contributed by atoms with E-state index in [0.29, 0.717) is 16.7 Å². The Morgan fingerprint density at radius 3 is 2.69 bits per heavy atom. The summed E-state index contributed by atoms with van der Waals surface area (Å²) in [6.45, 7) is 2.49. The number of nitrogens with zero attached hydrogens (tertiary/aromatic N) is 2. The minimum absolute atomic E-state index is 0.402. The Balaban J connectivity index is 2.88. The molecule has 0 aliphatic heterocycles. The molecular formula is C9H13BrF3N3. The van der Waals surface area contributed by atoms with Crippen molar-refractivity contribution in [2.24, 2.45) is 5.73 Å². The van der Waals surface area contributed by atoms with Crippen LogP contribution in [0.25, 0.3) is 0 Å². The number of halogens is 4. The molecule has 0 saturated heterocycles. The zero-order valence-electron chi connectivity index (χ0n) is 8.76. The van der Waals surface area contributed by atoms with Crippen molar-refractivity contribution in [2.75, 3.05) is 0 Å². The summed E-state index contributed by atoms with van der Waals surface area (Å²) in [5, 5.41) is 3.98. The van der Waals surface area contributed by atoms with E-state index in [2.05, 4.69) is 21.0 Å². The third-order valence-corrected chi connectivity index (χ3v) is 2.68. The first-order valence-corrected chi connectivity index (χ1v) is 5.68. The van der Waals surface area contributed by atoms with Gasteiger partial charge in [-0.05, 0) is 22.4 Å². The minimum Gasteiger partial charge on any atom is -0.322 e. The van der Waals surface area contributed by atoms with Gasteiger partial charge in [-0.2, -0.15) is 18.3 Å². The lowest BCUT2D eigenvalue weighted by Crippen LogP contribution is -2.23. The molecule has 0 aliphatic rings. The van der Waals surface area contributed by atoms with Crippen LogP contribution in [0.3, 0.4) is 0 Å². The van der Waals surface area contributed by atoms with E-state index < -0.39 is 18.6 Å². The van der Waals surface area contributed by atoms with Crippen molar-refractivity contribution < 1.29 is 13.2 Å². The smallest absolute Gasteiger partial charge is 0.322 e. The molecule has 0 bridgehead atoms. The molecule has 0 amide bonds. The highest BCUT2D eigenvalue weighted by molar-refractivity contribution is 9.10. The Morgan fingerprint density at radius 1 is 1.56 bits per heavy atom. The van der Waals surface area contributed by atoms with Gasteiger partial charge in [0.2, 0.25) is 0 Å². The van der Waals surface area contributed by atoms with Crippen molar-refractivity contribution in [1.82, 2.24) is 9.78 Å². The van der Waals surface area contributed by atoms with Gasteiger partial charge in [0.25, 0.3) is 0 Å². The van der Waals surface area contributed by atoms with Gasteiger partial charge in [-0.1, -0.05) is 6.92 Å². The third-order valence-electron chi connectivity index (χ3n) is 2.07. The van der Waals surface area contributed by atoms with Gasteiger partial charge in [0.1, 0.15) is 0 Å². The molecule has 2 N–H and O–H groups in total. The van der Waals surface area contributed by atoms with Crippen molar-refractivity contribution in [1.29, 1.82) is 0 Å². The first-order valence-electron chi connectivity index (χ1n) is 4.88. The highest BCUT2D eigenvalue weighted by atomic mass is 79.9. The van der Waals surface area contributed by atoms with Crippen LogP contribution in [-0.2, 0) is 6.54 Å². The highest BCUT2D eigenvalue weighted by Crippen LogP contribution is 2.31. The van der Waals surface area contributed by atoms with Crippen molar-refractivity contribution in [3.05, 3.63) is 16.4 Å². The summed E-state index contributed by atoms with van der Waals surface area (Å²) in [6, 6.07) is -1.08. The molecule has 16 heavy (non-hydrogen) atoms. The zero-order chi connectivity index (χ0) is 12.3. The number of rotatable bonds is 4. The van der Waals surface area contributed by atoms with E-state index in [0.717, 1.165) is 6.42 Å². The van der Waals surface area contributed by atoms with E-state index in [4.69, 9.17) is 5.73 Å². The first kappa shape index (κ1) is 13.5. The average Bonchev–Trinajstić information content (AvgIpc) is 2.44. The van der Waals surface area contributed by atoms with Gasteiger partial charge in [0.15, 0.2) is 0 Å². The largest absolute Gasteiger partial charge is 0.390 e. The quantitative estimate of drug-likeness (QED) is 0.929. The molecule has 1 unspecified atom stereocenters. The average molecular weight is 300 g/mol. The Bertz CT molecular complexity index is 348. The van der Waals surface area contributed by atoms with Crippen LogP contribution in [0.15, 0.2) is 10.7 Å². The summed E-state index contributed by atoms with van der Waals surface area (Å²) in [4.78, 5) is 0. The number of hydrogen-bond donors (Lipinski definition) is 1. The molecule has 1 atom stereocenters. The van der Waals surface area contributed by atoms with Crippen LogP contribution in [0.2, 0.25) is 0 Å². The van der Waals surface area contributed by atoms with Gasteiger partial charge in [-0.3, -0.25) is 4.68 Å². The predicted molar refractivity (Wildman–Crippen MR) is 57.8 cm³/mol. The fourth-order valence-corrected chi connectivity index (χ4v) is 2.07. The van der Waals surface area contributed by atoms with Crippen molar-refractivity contribution >= 4 is 15.9 Å². The van der Waals surface area contributed by atoms with Crippen molar-refractivity contribution in [3.63, 3.8) is 0 Å². The molecule has 0 saturated carbocycles. The molecule has 0 spiro atoms. The molecule has 0 fully saturated rings. The molecule has 0 aromatic carbocycles. The van der Waals surface area contributed by atoms with Crippen LogP contribution in [0.4, 0.5) is 13.2 Å². The van der Waals surface area contributed by atoms with E-state index in [9.17, 15) is 13.2 Å². The van der Waals surface area contributed by atoms with Gasteiger partial charge in [0.05, 0.1) is 28.8 Å². The normalized spacial score (nSPS) is 14.1. The molecule has 1 aromatic heterocycles. The fraction of sp³-hybridized carbons (Fsp3) is 0.667. The number of nitrogens with two attached hydrogens (primary N) is 1. The van der Waals surface area contributed by atoms with Crippen LogP contribution in [-0.4, -0.2) is 16.0 Å². The maximum Gasteiger partial charge on any atom is 0.390 e. The maximum atomic E-state index is 12.2. The molecule has 0 radical (unpaired) electrons. The number of aromatic nitrogens is 2. The third kappa shape index (κ3) is 3.48. The van der Waals surface area contributed by atoms with Crippen molar-refractivity contribution in [2.45, 2.75) is 38.5 Å². The number of aryl methyl sites for hydroxylation is 1. The van der Waals surface area contributed by atoms with E-state index in [1.165, 1.54) is 10.9 Å². The second kappa shape index (κ2) is 5.18. The van der Waals surface area contributed by atoms with Crippen LogP contribution in [0.1, 0.15) is 31.5 Å². The second-order valence-corrected chi connectivity index (χ2v) is 4.38. The monoisotopic (exact) mass is 299 g/mol. The molecule has 7 heteroatoms. The van der Waals surface area contributed by atoms with E-state index >= 15 is 0 Å². The van der Waals surface area contributed by atoms with E-state index in [1.54, 1.807) is 0 Å². The molecule has 3 nitrogen and oxygen atoms in total. The fourth-order valence-electron chi connectivity index (χ4n) is 1.48. The predicted octanol–water partition coefficient (Wildman–Crippen LogP) is 3.01. The summed E-state index contributed by atoms with van der Waals surface area (Å²) >= 11 is 3.16. The number of alkyl halides is 3. The lowest BCUT2D eigenvalue weighted by molar-refractivity contribution is -0.138. The SMILES string of the molecule is CCCn1ncc(Br)c1C(N)CC(F)(F)F. The van der Waals surface area contributed by atoms with Crippen molar-refractivity contribution in [3.8, 4) is 0 Å². The zero-order valence-corrected chi connectivity index (χ0v) is 10.3. The maximum absolute atomic E-state index is 12.2. The molecule has 1 aromatic rings. The second-order valence-electron chi connectivity index (χ2n) is 3.53. The number of hydrogen-bond acceptors (Lipinski definition) is 2. The summed E-state index contributed by atoms with van der Waals surface area (Å²) in [7, 11) is 0.